The summed E-state index contributed by atoms with van der Waals surface area (Å²) in [7, 11) is 1.57. The normalized spacial score (nSPS) is 10.1. The van der Waals surface area contributed by atoms with Crippen molar-refractivity contribution in [3.8, 4) is 5.75 Å². The van der Waals surface area contributed by atoms with E-state index < -0.39 is 0 Å². The molecule has 1 amide bonds. The maximum absolute atomic E-state index is 12.1. The van der Waals surface area contributed by atoms with Crippen molar-refractivity contribution in [2.24, 2.45) is 0 Å². The molecule has 0 aliphatic rings. The number of hydrogen-bond donors (Lipinski definition) is 1. The van der Waals surface area contributed by atoms with Gasteiger partial charge in [0.2, 0.25) is 0 Å². The molecule has 98 valence electrons. The van der Waals surface area contributed by atoms with E-state index in [1.54, 1.807) is 25.4 Å². The highest BCUT2D eigenvalue weighted by atomic mass is 79.9. The van der Waals surface area contributed by atoms with Crippen LogP contribution in [0.5, 0.6) is 5.75 Å². The van der Waals surface area contributed by atoms with Crippen molar-refractivity contribution in [2.75, 3.05) is 12.4 Å². The molecule has 0 fully saturated rings. The van der Waals surface area contributed by atoms with E-state index in [1.807, 2.05) is 25.1 Å². The number of amides is 1. The lowest BCUT2D eigenvalue weighted by molar-refractivity contribution is 0.102. The molecule has 19 heavy (non-hydrogen) atoms. The third-order valence-corrected chi connectivity index (χ3v) is 3.22. The van der Waals surface area contributed by atoms with Gasteiger partial charge in [0, 0.05) is 10.7 Å². The smallest absolute Gasteiger partial charge is 0.275 e. The van der Waals surface area contributed by atoms with Crippen LogP contribution in [0.25, 0.3) is 0 Å². The number of methoxy groups -OCH3 is 1. The minimum absolute atomic E-state index is 0.283. The first kappa shape index (κ1) is 13.5. The van der Waals surface area contributed by atoms with Gasteiger partial charge in [0.05, 0.1) is 12.8 Å². The zero-order valence-electron chi connectivity index (χ0n) is 10.6. The molecule has 0 bridgehead atoms. The summed E-state index contributed by atoms with van der Waals surface area (Å²) in [5, 5.41) is 2.79. The lowest BCUT2D eigenvalue weighted by Crippen LogP contribution is -2.14. The van der Waals surface area contributed by atoms with Crippen molar-refractivity contribution in [2.45, 2.75) is 6.92 Å². The third-order valence-electron chi connectivity index (χ3n) is 2.58. The van der Waals surface area contributed by atoms with Crippen LogP contribution in [-0.4, -0.2) is 18.0 Å². The van der Waals surface area contributed by atoms with Gasteiger partial charge in [-0.15, -0.1) is 0 Å². The Hall–Kier alpha value is -1.88. The predicted molar refractivity (Wildman–Crippen MR) is 77.6 cm³/mol. The highest BCUT2D eigenvalue weighted by Crippen LogP contribution is 2.26. The SMILES string of the molecule is COc1cc(C)ccc1NC(=O)c1ncccc1Br. The topological polar surface area (TPSA) is 51.2 Å². The number of halogens is 1. The largest absolute Gasteiger partial charge is 0.495 e. The van der Waals surface area contributed by atoms with Crippen LogP contribution in [0.3, 0.4) is 0 Å². The third kappa shape index (κ3) is 3.12. The van der Waals surface area contributed by atoms with Gasteiger partial charge < -0.3 is 10.1 Å². The summed E-state index contributed by atoms with van der Waals surface area (Å²) in [4.78, 5) is 16.2. The summed E-state index contributed by atoms with van der Waals surface area (Å²) < 4.78 is 5.90. The molecule has 0 atom stereocenters. The zero-order valence-corrected chi connectivity index (χ0v) is 12.2. The fourth-order valence-electron chi connectivity index (χ4n) is 1.64. The standard InChI is InChI=1S/C14H13BrN2O2/c1-9-5-6-11(12(8-9)19-2)17-14(18)13-10(15)4-3-7-16-13/h3-8H,1-2H3,(H,17,18). The lowest BCUT2D eigenvalue weighted by Gasteiger charge is -2.11. The fourth-order valence-corrected chi connectivity index (χ4v) is 2.07. The van der Waals surface area contributed by atoms with E-state index in [4.69, 9.17) is 4.74 Å². The number of anilines is 1. The van der Waals surface area contributed by atoms with E-state index in [-0.39, 0.29) is 5.91 Å². The first-order valence-electron chi connectivity index (χ1n) is 5.68. The van der Waals surface area contributed by atoms with Gasteiger partial charge in [0.1, 0.15) is 11.4 Å². The Kier molecular flexibility index (Phi) is 4.16. The molecule has 4 nitrogen and oxygen atoms in total. The number of ether oxygens (including phenoxy) is 1. The highest BCUT2D eigenvalue weighted by Gasteiger charge is 2.13. The Morgan fingerprint density at radius 2 is 2.16 bits per heavy atom. The average molecular weight is 321 g/mol. The van der Waals surface area contributed by atoms with Crippen molar-refractivity contribution in [1.29, 1.82) is 0 Å². The molecule has 5 heteroatoms. The van der Waals surface area contributed by atoms with Crippen molar-refractivity contribution >= 4 is 27.5 Å². The molecule has 0 saturated carbocycles. The first-order chi connectivity index (χ1) is 9.11. The second-order valence-electron chi connectivity index (χ2n) is 3.99. The average Bonchev–Trinajstić information content (AvgIpc) is 2.41. The summed E-state index contributed by atoms with van der Waals surface area (Å²) in [6, 6.07) is 9.11. The summed E-state index contributed by atoms with van der Waals surface area (Å²) in [5.41, 5.74) is 2.02. The molecule has 1 heterocycles. The molecule has 1 aromatic heterocycles. The molecule has 0 aliphatic heterocycles. The number of nitrogens with zero attached hydrogens (tertiary/aromatic N) is 1. The first-order valence-corrected chi connectivity index (χ1v) is 6.47. The second-order valence-corrected chi connectivity index (χ2v) is 4.85. The summed E-state index contributed by atoms with van der Waals surface area (Å²) >= 11 is 3.30. The number of benzene rings is 1. The summed E-state index contributed by atoms with van der Waals surface area (Å²) in [5.74, 6) is 0.343. The maximum Gasteiger partial charge on any atom is 0.275 e. The second kappa shape index (κ2) is 5.84. The summed E-state index contributed by atoms with van der Waals surface area (Å²) in [6.07, 6.45) is 1.58. The minimum atomic E-state index is -0.283. The van der Waals surface area contributed by atoms with Crippen LogP contribution in [0.1, 0.15) is 16.1 Å². The van der Waals surface area contributed by atoms with Crippen LogP contribution in [0, 0.1) is 6.92 Å². The van der Waals surface area contributed by atoms with Crippen LogP contribution < -0.4 is 10.1 Å². The van der Waals surface area contributed by atoms with Crippen molar-refractivity contribution in [3.05, 3.63) is 52.3 Å². The van der Waals surface area contributed by atoms with E-state index >= 15 is 0 Å². The molecule has 2 aromatic rings. The quantitative estimate of drug-likeness (QED) is 0.942. The Morgan fingerprint density at radius 1 is 1.37 bits per heavy atom. The van der Waals surface area contributed by atoms with Gasteiger partial charge in [-0.2, -0.15) is 0 Å². The molecular formula is C14H13BrN2O2. The van der Waals surface area contributed by atoms with E-state index in [0.29, 0.717) is 21.6 Å². The molecule has 0 radical (unpaired) electrons. The van der Waals surface area contributed by atoms with E-state index in [0.717, 1.165) is 5.56 Å². The Labute approximate surface area is 119 Å². The maximum atomic E-state index is 12.1. The monoisotopic (exact) mass is 320 g/mol. The van der Waals surface area contributed by atoms with Gasteiger partial charge in [-0.3, -0.25) is 4.79 Å². The molecule has 0 unspecified atom stereocenters. The van der Waals surface area contributed by atoms with E-state index in [2.05, 4.69) is 26.2 Å². The molecule has 0 spiro atoms. The van der Waals surface area contributed by atoms with Crippen LogP contribution >= 0.6 is 15.9 Å². The number of carbonyl (C=O) groups is 1. The number of rotatable bonds is 3. The summed E-state index contributed by atoms with van der Waals surface area (Å²) in [6.45, 7) is 1.96. The molecule has 2 rings (SSSR count). The van der Waals surface area contributed by atoms with Gasteiger partial charge in [-0.1, -0.05) is 6.07 Å². The van der Waals surface area contributed by atoms with Crippen LogP contribution in [-0.2, 0) is 0 Å². The highest BCUT2D eigenvalue weighted by molar-refractivity contribution is 9.10. The number of aromatic nitrogens is 1. The Bertz CT molecular complexity index is 614. The van der Waals surface area contributed by atoms with Crippen molar-refractivity contribution in [1.82, 2.24) is 4.98 Å². The number of carbonyl (C=O) groups excluding carboxylic acids is 1. The number of pyridine rings is 1. The van der Waals surface area contributed by atoms with Crippen LogP contribution in [0.2, 0.25) is 0 Å². The van der Waals surface area contributed by atoms with E-state index in [1.165, 1.54) is 0 Å². The molecule has 1 N–H and O–H groups in total. The number of hydrogen-bond acceptors (Lipinski definition) is 3. The van der Waals surface area contributed by atoms with Crippen molar-refractivity contribution in [3.63, 3.8) is 0 Å². The van der Waals surface area contributed by atoms with Crippen LogP contribution in [0.15, 0.2) is 41.0 Å². The van der Waals surface area contributed by atoms with E-state index in [9.17, 15) is 4.79 Å². The molecule has 1 aromatic carbocycles. The molecule has 0 aliphatic carbocycles. The molecule has 0 saturated heterocycles. The van der Waals surface area contributed by atoms with Gasteiger partial charge >= 0.3 is 0 Å². The Balaban J connectivity index is 2.27. The van der Waals surface area contributed by atoms with Gasteiger partial charge in [-0.05, 0) is 52.7 Å². The minimum Gasteiger partial charge on any atom is -0.495 e. The van der Waals surface area contributed by atoms with Gasteiger partial charge in [0.15, 0.2) is 0 Å². The van der Waals surface area contributed by atoms with Gasteiger partial charge in [-0.25, -0.2) is 4.98 Å². The fraction of sp³-hybridized carbons (Fsp3) is 0.143. The van der Waals surface area contributed by atoms with Crippen LogP contribution in [0.4, 0.5) is 5.69 Å². The molecular weight excluding hydrogens is 308 g/mol. The van der Waals surface area contributed by atoms with Crippen molar-refractivity contribution < 1.29 is 9.53 Å². The van der Waals surface area contributed by atoms with Gasteiger partial charge in [0.25, 0.3) is 5.91 Å². The Morgan fingerprint density at radius 3 is 2.84 bits per heavy atom. The zero-order chi connectivity index (χ0) is 13.8. The number of aryl methyl sites for hydroxylation is 1. The lowest BCUT2D eigenvalue weighted by atomic mass is 10.2. The predicted octanol–water partition coefficient (Wildman–Crippen LogP) is 3.41. The number of nitrogens with one attached hydrogen (secondary N) is 1.